The molecule has 3 aromatic rings. The zero-order valence-electron chi connectivity index (χ0n) is 27.8. The number of aliphatic hydroxyl groups is 3. The van der Waals surface area contributed by atoms with Gasteiger partial charge in [0, 0.05) is 22.7 Å². The molecule has 6 N–H and O–H groups in total. The van der Waals surface area contributed by atoms with Crippen LogP contribution in [0, 0.1) is 5.82 Å². The van der Waals surface area contributed by atoms with Crippen molar-refractivity contribution >= 4 is 56.8 Å². The Morgan fingerprint density at radius 1 is 0.942 bits per heavy atom. The summed E-state index contributed by atoms with van der Waals surface area (Å²) in [5, 5.41) is 41.6. The normalized spacial score (nSPS) is 22.0. The number of hydrogen-bond acceptors (Lipinski definition) is 11. The van der Waals surface area contributed by atoms with Gasteiger partial charge in [-0.2, -0.15) is 0 Å². The molecule has 2 fully saturated rings. The lowest BCUT2D eigenvalue weighted by atomic mass is 9.99. The van der Waals surface area contributed by atoms with Crippen LogP contribution in [0.1, 0.15) is 61.0 Å². The number of carbonyl (C=O) groups excluding carboxylic acids is 2. The van der Waals surface area contributed by atoms with Gasteiger partial charge in [-0.3, -0.25) is 14.3 Å². The number of aliphatic hydroxyl groups excluding tert-OH is 3. The fourth-order valence-electron chi connectivity index (χ4n) is 5.24. The highest BCUT2D eigenvalue weighted by molar-refractivity contribution is 7.92. The van der Waals surface area contributed by atoms with Crippen molar-refractivity contribution in [3.05, 3.63) is 81.1 Å². The maximum absolute atomic E-state index is 15.3. The van der Waals surface area contributed by atoms with Gasteiger partial charge < -0.3 is 40.0 Å². The number of esters is 1. The molecule has 3 aromatic carbocycles. The number of aliphatic carboxylic acids is 1. The Balaban J connectivity index is 1.39. The summed E-state index contributed by atoms with van der Waals surface area (Å²) in [5.41, 5.74) is -0.207. The van der Waals surface area contributed by atoms with E-state index in [9.17, 15) is 43.2 Å². The monoisotopic (exact) mass is 784 g/mol. The van der Waals surface area contributed by atoms with E-state index in [1.807, 2.05) is 0 Å². The van der Waals surface area contributed by atoms with Crippen LogP contribution in [0.3, 0.4) is 0 Å². The summed E-state index contributed by atoms with van der Waals surface area (Å²) in [6, 6.07) is 10.3. The first kappa shape index (κ1) is 39.2. The molecule has 0 radical (unpaired) electrons. The molecule has 0 unspecified atom stereocenters. The molecule has 5 atom stereocenters. The Morgan fingerprint density at radius 2 is 1.63 bits per heavy atom. The minimum Gasteiger partial charge on any atom is -0.479 e. The molecule has 5 rings (SSSR count). The second-order valence-electron chi connectivity index (χ2n) is 13.4. The molecule has 1 aliphatic heterocycles. The third-order valence-electron chi connectivity index (χ3n) is 7.99. The molecule has 1 saturated carbocycles. The number of nitrogens with one attached hydrogen (secondary N) is 2. The third-order valence-corrected chi connectivity index (χ3v) is 10.1. The van der Waals surface area contributed by atoms with Crippen LogP contribution >= 0.6 is 23.2 Å². The van der Waals surface area contributed by atoms with Gasteiger partial charge in [-0.05, 0) is 81.5 Å². The molecule has 0 bridgehead atoms. The van der Waals surface area contributed by atoms with Crippen LogP contribution in [-0.4, -0.2) is 82.9 Å². The van der Waals surface area contributed by atoms with E-state index in [4.69, 9.17) is 37.4 Å². The first-order chi connectivity index (χ1) is 24.2. The first-order valence-corrected chi connectivity index (χ1v) is 18.0. The summed E-state index contributed by atoms with van der Waals surface area (Å²) in [4.78, 5) is 36.7. The number of benzene rings is 3. The minimum atomic E-state index is -4.37. The standard InChI is InChI=1S/C34H35Cl2FN2O12S/c1-34(2,3)38-31(44)17-6-8-23(22(12-17)39-52(47,48)25-9-7-16(10-20(25)36)15-4-5-15)49-24-14-21(37)18(11-19(24)35)13-26(40)50-33-29(43)27(41)28(42)30(51-33)32(45)46/h6-12,14-15,27-30,33,39,41-43H,4-5,13H2,1-3H3,(H,38,44)(H,45,46)/t27-,28-,29+,30-,33+/m0/s1. The van der Waals surface area contributed by atoms with Crippen molar-refractivity contribution in [1.82, 2.24) is 5.32 Å². The van der Waals surface area contributed by atoms with Crippen LogP contribution in [0.2, 0.25) is 10.0 Å². The van der Waals surface area contributed by atoms with E-state index in [1.54, 1.807) is 32.9 Å². The van der Waals surface area contributed by atoms with Crippen molar-refractivity contribution in [2.24, 2.45) is 0 Å². The van der Waals surface area contributed by atoms with Crippen molar-refractivity contribution in [3.63, 3.8) is 0 Å². The maximum atomic E-state index is 15.3. The van der Waals surface area contributed by atoms with Gasteiger partial charge in [0.15, 0.2) is 11.9 Å². The highest BCUT2D eigenvalue weighted by Gasteiger charge is 2.48. The van der Waals surface area contributed by atoms with Gasteiger partial charge in [0.2, 0.25) is 6.29 Å². The van der Waals surface area contributed by atoms with Crippen LogP contribution in [-0.2, 0) is 35.5 Å². The minimum absolute atomic E-state index is 0.0136. The lowest BCUT2D eigenvalue weighted by Crippen LogP contribution is -2.60. The van der Waals surface area contributed by atoms with E-state index in [0.717, 1.165) is 30.5 Å². The van der Waals surface area contributed by atoms with E-state index < -0.39 is 76.4 Å². The molecule has 1 heterocycles. The summed E-state index contributed by atoms with van der Waals surface area (Å²) in [6.45, 7) is 5.28. The van der Waals surface area contributed by atoms with Crippen LogP contribution in [0.4, 0.5) is 10.1 Å². The highest BCUT2D eigenvalue weighted by Crippen LogP contribution is 2.42. The average molecular weight is 786 g/mol. The fraction of sp³-hybridized carbons (Fsp3) is 0.382. The molecule has 18 heteroatoms. The number of carbonyl (C=O) groups is 3. The molecule has 0 spiro atoms. The summed E-state index contributed by atoms with van der Waals surface area (Å²) >= 11 is 12.8. The number of halogens is 3. The van der Waals surface area contributed by atoms with E-state index in [2.05, 4.69) is 10.0 Å². The van der Waals surface area contributed by atoms with E-state index in [1.165, 1.54) is 24.3 Å². The summed E-state index contributed by atoms with van der Waals surface area (Å²) < 4.78 is 60.6. The van der Waals surface area contributed by atoms with Crippen LogP contribution in [0.25, 0.3) is 0 Å². The van der Waals surface area contributed by atoms with E-state index >= 15 is 4.39 Å². The van der Waals surface area contributed by atoms with E-state index in [-0.39, 0.29) is 43.3 Å². The molecule has 1 amide bonds. The number of sulfonamides is 1. The quantitative estimate of drug-likeness (QED) is 0.152. The smallest absolute Gasteiger partial charge is 0.335 e. The second-order valence-corrected chi connectivity index (χ2v) is 15.8. The lowest BCUT2D eigenvalue weighted by molar-refractivity contribution is -0.286. The summed E-state index contributed by atoms with van der Waals surface area (Å²) in [5.74, 6) is -4.66. The Morgan fingerprint density at radius 3 is 2.25 bits per heavy atom. The molecule has 1 aliphatic carbocycles. The average Bonchev–Trinajstić information content (AvgIpc) is 3.89. The summed E-state index contributed by atoms with van der Waals surface area (Å²) in [7, 11) is -4.37. The van der Waals surface area contributed by atoms with Crippen molar-refractivity contribution in [3.8, 4) is 11.5 Å². The van der Waals surface area contributed by atoms with Crippen molar-refractivity contribution in [2.75, 3.05) is 4.72 Å². The van der Waals surface area contributed by atoms with Gasteiger partial charge in [-0.1, -0.05) is 29.3 Å². The molecule has 52 heavy (non-hydrogen) atoms. The third kappa shape index (κ3) is 9.12. The number of anilines is 1. The molecular formula is C34H35Cl2FN2O12S. The van der Waals surface area contributed by atoms with Gasteiger partial charge >= 0.3 is 11.9 Å². The Hall–Kier alpha value is -4.03. The second kappa shape index (κ2) is 15.1. The fourth-order valence-corrected chi connectivity index (χ4v) is 7.08. The zero-order valence-corrected chi connectivity index (χ0v) is 30.1. The Labute approximate surface area is 307 Å². The topological polar surface area (TPSA) is 218 Å². The van der Waals surface area contributed by atoms with Crippen LogP contribution < -0.4 is 14.8 Å². The molecule has 280 valence electrons. The number of amides is 1. The maximum Gasteiger partial charge on any atom is 0.335 e. The van der Waals surface area contributed by atoms with Crippen molar-refractivity contribution in [2.45, 2.75) is 87.1 Å². The Bertz CT molecular complexity index is 2000. The number of ether oxygens (including phenoxy) is 3. The van der Waals surface area contributed by atoms with Crippen molar-refractivity contribution in [1.29, 1.82) is 0 Å². The summed E-state index contributed by atoms with van der Waals surface area (Å²) in [6.07, 6.45) is -8.96. The first-order valence-electron chi connectivity index (χ1n) is 15.8. The highest BCUT2D eigenvalue weighted by atomic mass is 35.5. The molecule has 0 aromatic heterocycles. The van der Waals surface area contributed by atoms with Gasteiger partial charge in [0.05, 0.1) is 22.2 Å². The van der Waals surface area contributed by atoms with Crippen molar-refractivity contribution < 1.29 is 61.8 Å². The van der Waals surface area contributed by atoms with Gasteiger partial charge in [-0.25, -0.2) is 17.6 Å². The predicted molar refractivity (Wildman–Crippen MR) is 183 cm³/mol. The molecular weight excluding hydrogens is 750 g/mol. The SMILES string of the molecule is CC(C)(C)NC(=O)c1ccc(Oc2cc(F)c(CC(=O)O[C@@H]3O[C@H](C(=O)O)[C@@H](O)[C@H](O)[C@H]3O)cc2Cl)c(NS(=O)(=O)c2ccc(C3CC3)cc2Cl)c1. The molecule has 2 aliphatic rings. The van der Waals surface area contributed by atoms with E-state index in [0.29, 0.717) is 5.92 Å². The lowest BCUT2D eigenvalue weighted by Gasteiger charge is -2.37. The zero-order chi connectivity index (χ0) is 38.3. The molecule has 14 nitrogen and oxygen atoms in total. The van der Waals surface area contributed by atoms with Crippen LogP contribution in [0.15, 0.2) is 53.4 Å². The predicted octanol–water partition coefficient (Wildman–Crippen LogP) is 4.11. The largest absolute Gasteiger partial charge is 0.479 e. The van der Waals surface area contributed by atoms with Gasteiger partial charge in [0.25, 0.3) is 15.9 Å². The molecule has 1 saturated heterocycles. The number of hydrogen-bond donors (Lipinski definition) is 6. The Kier molecular flexibility index (Phi) is 11.4. The number of rotatable bonds is 11. The number of carboxylic acid groups (broad SMARTS) is 1. The van der Waals surface area contributed by atoms with Crippen LogP contribution in [0.5, 0.6) is 11.5 Å². The van der Waals surface area contributed by atoms with Gasteiger partial charge in [0.1, 0.15) is 34.8 Å². The van der Waals surface area contributed by atoms with Gasteiger partial charge in [-0.15, -0.1) is 0 Å². The number of carboxylic acids is 1.